The Bertz CT molecular complexity index is 953. The number of carbonyl (C=O) groups is 1. The minimum atomic E-state index is -0.603. The van der Waals surface area contributed by atoms with E-state index in [1.807, 2.05) is 6.07 Å². The Morgan fingerprint density at radius 1 is 1.12 bits per heavy atom. The fraction of sp³-hybridized carbons (Fsp3) is 0.222. The van der Waals surface area contributed by atoms with Crippen LogP contribution in [0.25, 0.3) is 16.7 Å². The second-order valence-corrected chi connectivity index (χ2v) is 6.57. The summed E-state index contributed by atoms with van der Waals surface area (Å²) in [6.07, 6.45) is 1.80. The fourth-order valence-electron chi connectivity index (χ4n) is 2.40. The molecule has 7 nitrogen and oxygen atoms in total. The highest BCUT2D eigenvalue weighted by Crippen LogP contribution is 2.22. The number of nitrogens with zero attached hydrogens (tertiary/aromatic N) is 3. The van der Waals surface area contributed by atoms with E-state index >= 15 is 0 Å². The monoisotopic (exact) mass is 339 g/mol. The lowest BCUT2D eigenvalue weighted by atomic mass is 10.2. The molecule has 0 bridgehead atoms. The molecule has 3 rings (SSSR count). The second kappa shape index (κ2) is 6.01. The number of benzene rings is 1. The van der Waals surface area contributed by atoms with Crippen LogP contribution in [0.3, 0.4) is 0 Å². The molecule has 0 N–H and O–H groups in total. The molecule has 25 heavy (non-hydrogen) atoms. The fourth-order valence-corrected chi connectivity index (χ4v) is 2.40. The van der Waals surface area contributed by atoms with Crippen LogP contribution in [0.1, 0.15) is 31.3 Å². The van der Waals surface area contributed by atoms with Gasteiger partial charge in [-0.1, -0.05) is 0 Å². The summed E-state index contributed by atoms with van der Waals surface area (Å²) in [5.74, 6) is -0.495. The summed E-state index contributed by atoms with van der Waals surface area (Å²) >= 11 is 0. The van der Waals surface area contributed by atoms with E-state index in [4.69, 9.17) is 4.74 Å². The minimum absolute atomic E-state index is 0.0163. The number of carbonyl (C=O) groups excluding carboxylic acids is 1. The van der Waals surface area contributed by atoms with Crippen LogP contribution < -0.4 is 0 Å². The Kier molecular flexibility index (Phi) is 4.00. The lowest BCUT2D eigenvalue weighted by molar-refractivity contribution is -0.384. The molecule has 0 amide bonds. The van der Waals surface area contributed by atoms with Gasteiger partial charge >= 0.3 is 5.97 Å². The number of nitro benzene ring substituents is 1. The van der Waals surface area contributed by atoms with Gasteiger partial charge in [-0.2, -0.15) is 0 Å². The van der Waals surface area contributed by atoms with Gasteiger partial charge in [0, 0.05) is 29.4 Å². The van der Waals surface area contributed by atoms with Crippen molar-refractivity contribution in [1.82, 2.24) is 9.55 Å². The average Bonchev–Trinajstić information content (AvgIpc) is 2.96. The van der Waals surface area contributed by atoms with E-state index in [0.717, 1.165) is 11.1 Å². The number of aromatic nitrogens is 2. The Balaban J connectivity index is 2.01. The summed E-state index contributed by atoms with van der Waals surface area (Å²) in [4.78, 5) is 27.0. The molecule has 0 saturated heterocycles. The Morgan fingerprint density at radius 2 is 1.80 bits per heavy atom. The molecule has 0 aliphatic rings. The van der Waals surface area contributed by atoms with Crippen molar-refractivity contribution in [3.05, 3.63) is 64.5 Å². The quantitative estimate of drug-likeness (QED) is 0.410. The predicted octanol–water partition coefficient (Wildman–Crippen LogP) is 3.89. The van der Waals surface area contributed by atoms with Gasteiger partial charge in [0.1, 0.15) is 11.2 Å². The Labute approximate surface area is 144 Å². The van der Waals surface area contributed by atoms with Gasteiger partial charge in [-0.05, 0) is 51.1 Å². The van der Waals surface area contributed by atoms with Gasteiger partial charge in [0.15, 0.2) is 5.69 Å². The first-order valence-electron chi connectivity index (χ1n) is 7.71. The molecule has 0 radical (unpaired) electrons. The van der Waals surface area contributed by atoms with E-state index in [2.05, 4.69) is 4.98 Å². The molecule has 0 aliphatic carbocycles. The maximum Gasteiger partial charge on any atom is 0.357 e. The van der Waals surface area contributed by atoms with Crippen molar-refractivity contribution in [2.75, 3.05) is 0 Å². The number of rotatable bonds is 3. The maximum absolute atomic E-state index is 12.2. The minimum Gasteiger partial charge on any atom is -0.455 e. The number of non-ortho nitro benzene ring substituents is 1. The predicted molar refractivity (Wildman–Crippen MR) is 92.9 cm³/mol. The van der Waals surface area contributed by atoms with Crippen LogP contribution in [0.4, 0.5) is 5.69 Å². The molecule has 2 aromatic heterocycles. The summed E-state index contributed by atoms with van der Waals surface area (Å²) < 4.78 is 7.12. The largest absolute Gasteiger partial charge is 0.455 e. The third kappa shape index (κ3) is 3.50. The zero-order valence-electron chi connectivity index (χ0n) is 14.1. The lowest BCUT2D eigenvalue weighted by Crippen LogP contribution is -2.24. The van der Waals surface area contributed by atoms with Gasteiger partial charge in [-0.3, -0.25) is 10.1 Å². The summed E-state index contributed by atoms with van der Waals surface area (Å²) in [6.45, 7) is 5.38. The molecule has 0 fully saturated rings. The van der Waals surface area contributed by atoms with E-state index in [-0.39, 0.29) is 11.4 Å². The van der Waals surface area contributed by atoms with Gasteiger partial charge in [0.05, 0.1) is 4.92 Å². The third-order valence-corrected chi connectivity index (χ3v) is 3.48. The maximum atomic E-state index is 12.2. The van der Waals surface area contributed by atoms with Crippen molar-refractivity contribution < 1.29 is 14.5 Å². The van der Waals surface area contributed by atoms with Crippen LogP contribution in [-0.4, -0.2) is 26.0 Å². The van der Waals surface area contributed by atoms with E-state index in [1.54, 1.807) is 55.8 Å². The molecule has 7 heteroatoms. The second-order valence-electron chi connectivity index (χ2n) is 6.57. The zero-order chi connectivity index (χ0) is 18.2. The number of ether oxygens (including phenoxy) is 1. The van der Waals surface area contributed by atoms with Gasteiger partial charge in [0.2, 0.25) is 0 Å². The molecule has 0 saturated carbocycles. The van der Waals surface area contributed by atoms with Crippen molar-refractivity contribution in [3.8, 4) is 5.69 Å². The van der Waals surface area contributed by atoms with Crippen molar-refractivity contribution in [3.63, 3.8) is 0 Å². The molecule has 0 aliphatic heterocycles. The highest BCUT2D eigenvalue weighted by Gasteiger charge is 2.19. The van der Waals surface area contributed by atoms with Crippen molar-refractivity contribution in [2.45, 2.75) is 26.4 Å². The topological polar surface area (TPSA) is 87.3 Å². The summed E-state index contributed by atoms with van der Waals surface area (Å²) in [7, 11) is 0. The van der Waals surface area contributed by atoms with Crippen molar-refractivity contribution in [2.24, 2.45) is 0 Å². The Hall–Kier alpha value is -3.22. The number of hydrogen-bond donors (Lipinski definition) is 0. The number of pyridine rings is 1. The van der Waals surface area contributed by atoms with Crippen LogP contribution in [0.5, 0.6) is 0 Å². The zero-order valence-corrected chi connectivity index (χ0v) is 14.1. The molecule has 0 atom stereocenters. The van der Waals surface area contributed by atoms with Crippen LogP contribution in [0.15, 0.2) is 48.7 Å². The van der Waals surface area contributed by atoms with E-state index in [9.17, 15) is 14.9 Å². The number of fused-ring (bicyclic) bond motifs is 1. The standard InChI is InChI=1S/C18H17N3O4/c1-18(2,3)25-17(22)15-9-4-12-10-11-20(16(12)19-15)13-5-7-14(8-6-13)21(23)24/h4-11H,1-3H3. The van der Waals surface area contributed by atoms with E-state index in [0.29, 0.717) is 5.65 Å². The highest BCUT2D eigenvalue weighted by molar-refractivity contribution is 5.91. The Morgan fingerprint density at radius 3 is 2.40 bits per heavy atom. The van der Waals surface area contributed by atoms with E-state index < -0.39 is 16.5 Å². The smallest absolute Gasteiger partial charge is 0.357 e. The first-order valence-corrected chi connectivity index (χ1v) is 7.71. The van der Waals surface area contributed by atoms with Gasteiger partial charge in [-0.25, -0.2) is 9.78 Å². The normalized spacial score (nSPS) is 11.5. The molecule has 128 valence electrons. The molecule has 0 unspecified atom stereocenters. The van der Waals surface area contributed by atoms with Gasteiger partial charge in [-0.15, -0.1) is 0 Å². The number of nitro groups is 1. The van der Waals surface area contributed by atoms with Gasteiger partial charge in [0.25, 0.3) is 5.69 Å². The molecular formula is C18H17N3O4. The van der Waals surface area contributed by atoms with Crippen LogP contribution in [0.2, 0.25) is 0 Å². The van der Waals surface area contributed by atoms with Crippen molar-refractivity contribution >= 4 is 22.7 Å². The molecule has 1 aromatic carbocycles. The summed E-state index contributed by atoms with van der Waals surface area (Å²) in [5.41, 5.74) is 0.923. The molecule has 3 aromatic rings. The van der Waals surface area contributed by atoms with Gasteiger partial charge < -0.3 is 9.30 Å². The van der Waals surface area contributed by atoms with E-state index in [1.165, 1.54) is 12.1 Å². The molecular weight excluding hydrogens is 322 g/mol. The molecule has 2 heterocycles. The first kappa shape index (κ1) is 16.6. The number of esters is 1. The number of hydrogen-bond acceptors (Lipinski definition) is 5. The molecule has 0 spiro atoms. The summed E-state index contributed by atoms with van der Waals surface area (Å²) in [5, 5.41) is 11.6. The third-order valence-electron chi connectivity index (χ3n) is 3.48. The first-order chi connectivity index (χ1) is 11.7. The SMILES string of the molecule is CC(C)(C)OC(=O)c1ccc2ccn(-c3ccc([N+](=O)[O-])cc3)c2n1. The van der Waals surface area contributed by atoms with Crippen molar-refractivity contribution in [1.29, 1.82) is 0 Å². The van der Waals surface area contributed by atoms with Crippen LogP contribution >= 0.6 is 0 Å². The lowest BCUT2D eigenvalue weighted by Gasteiger charge is -2.19. The van der Waals surface area contributed by atoms with Crippen LogP contribution in [0, 0.1) is 10.1 Å². The summed E-state index contributed by atoms with van der Waals surface area (Å²) in [6, 6.07) is 11.4. The average molecular weight is 339 g/mol. The van der Waals surface area contributed by atoms with Crippen LogP contribution in [-0.2, 0) is 4.74 Å². The highest BCUT2D eigenvalue weighted by atomic mass is 16.6.